The third kappa shape index (κ3) is 4.84. The van der Waals surface area contributed by atoms with Crippen LogP contribution in [-0.2, 0) is 14.4 Å². The van der Waals surface area contributed by atoms with Gasteiger partial charge in [-0.05, 0) is 57.6 Å². The summed E-state index contributed by atoms with van der Waals surface area (Å²) in [5.41, 5.74) is 3.93. The van der Waals surface area contributed by atoms with Crippen molar-refractivity contribution in [3.05, 3.63) is 28.8 Å². The number of carboxylic acids is 1. The summed E-state index contributed by atoms with van der Waals surface area (Å²) in [5, 5.41) is 12.0. The zero-order valence-electron chi connectivity index (χ0n) is 16.0. The van der Waals surface area contributed by atoms with Gasteiger partial charge in [-0.3, -0.25) is 14.4 Å². The van der Waals surface area contributed by atoms with Crippen LogP contribution in [0.2, 0.25) is 0 Å². The van der Waals surface area contributed by atoms with E-state index in [0.29, 0.717) is 25.7 Å². The number of hydrogen-bond donors (Lipinski definition) is 2. The summed E-state index contributed by atoms with van der Waals surface area (Å²) >= 11 is 0. The quantitative estimate of drug-likeness (QED) is 0.845. The van der Waals surface area contributed by atoms with Crippen molar-refractivity contribution in [3.63, 3.8) is 0 Å². The second kappa shape index (κ2) is 8.34. The average molecular weight is 360 g/mol. The minimum atomic E-state index is -0.785. The van der Waals surface area contributed by atoms with E-state index in [1.54, 1.807) is 7.05 Å². The number of anilines is 1. The van der Waals surface area contributed by atoms with Crippen molar-refractivity contribution in [1.82, 2.24) is 4.90 Å². The van der Waals surface area contributed by atoms with Crippen molar-refractivity contribution in [1.29, 1.82) is 0 Å². The molecule has 6 heteroatoms. The molecule has 0 radical (unpaired) electrons. The van der Waals surface area contributed by atoms with Crippen LogP contribution in [0, 0.1) is 32.6 Å². The van der Waals surface area contributed by atoms with Gasteiger partial charge in [-0.2, -0.15) is 0 Å². The maximum atomic E-state index is 12.5. The highest BCUT2D eigenvalue weighted by molar-refractivity contribution is 5.96. The number of carboxylic acid groups (broad SMARTS) is 1. The smallest absolute Gasteiger partial charge is 0.306 e. The number of rotatable bonds is 5. The number of hydrogen-bond acceptors (Lipinski definition) is 3. The van der Waals surface area contributed by atoms with Gasteiger partial charge in [0.15, 0.2) is 0 Å². The molecule has 1 saturated carbocycles. The van der Waals surface area contributed by atoms with Gasteiger partial charge in [-0.1, -0.05) is 17.7 Å². The first kappa shape index (κ1) is 19.9. The number of aliphatic carboxylic acids is 1. The Morgan fingerprint density at radius 2 is 1.54 bits per heavy atom. The third-order valence-electron chi connectivity index (χ3n) is 5.12. The summed E-state index contributed by atoms with van der Waals surface area (Å²) in [7, 11) is 1.63. The Morgan fingerprint density at radius 1 is 1.04 bits per heavy atom. The third-order valence-corrected chi connectivity index (χ3v) is 5.12. The molecule has 0 spiro atoms. The Labute approximate surface area is 154 Å². The van der Waals surface area contributed by atoms with Gasteiger partial charge >= 0.3 is 5.97 Å². The second-order valence-corrected chi connectivity index (χ2v) is 7.40. The van der Waals surface area contributed by atoms with Crippen molar-refractivity contribution in [3.8, 4) is 0 Å². The Hall–Kier alpha value is -2.37. The van der Waals surface area contributed by atoms with Crippen LogP contribution in [0.1, 0.15) is 42.4 Å². The van der Waals surface area contributed by atoms with Crippen molar-refractivity contribution in [2.45, 2.75) is 46.5 Å². The molecule has 142 valence electrons. The molecule has 0 heterocycles. The molecule has 1 aromatic rings. The van der Waals surface area contributed by atoms with Gasteiger partial charge in [0.1, 0.15) is 0 Å². The van der Waals surface area contributed by atoms with Crippen LogP contribution in [0.15, 0.2) is 12.1 Å². The monoisotopic (exact) mass is 360 g/mol. The van der Waals surface area contributed by atoms with Gasteiger partial charge in [-0.25, -0.2) is 0 Å². The van der Waals surface area contributed by atoms with Gasteiger partial charge in [0, 0.05) is 18.7 Å². The van der Waals surface area contributed by atoms with Crippen molar-refractivity contribution >= 4 is 23.5 Å². The van der Waals surface area contributed by atoms with E-state index in [2.05, 4.69) is 5.32 Å². The molecule has 0 atom stereocenters. The Bertz CT molecular complexity index is 683. The largest absolute Gasteiger partial charge is 0.481 e. The SMILES string of the molecule is Cc1cc(C)c(NC(=O)CN(C)C(=O)C2CCC(C(=O)O)CC2)c(C)c1. The lowest BCUT2D eigenvalue weighted by Crippen LogP contribution is -2.40. The molecule has 2 amide bonds. The van der Waals surface area contributed by atoms with Gasteiger partial charge in [-0.15, -0.1) is 0 Å². The molecule has 6 nitrogen and oxygen atoms in total. The topological polar surface area (TPSA) is 86.7 Å². The highest BCUT2D eigenvalue weighted by Crippen LogP contribution is 2.30. The first-order valence-corrected chi connectivity index (χ1v) is 9.04. The number of nitrogens with one attached hydrogen (secondary N) is 1. The molecule has 0 aromatic heterocycles. The lowest BCUT2D eigenvalue weighted by atomic mass is 9.81. The Balaban J connectivity index is 1.91. The van der Waals surface area contributed by atoms with Crippen LogP contribution >= 0.6 is 0 Å². The average Bonchev–Trinajstić information content (AvgIpc) is 2.57. The first-order valence-electron chi connectivity index (χ1n) is 9.04. The normalized spacial score (nSPS) is 19.7. The number of carbonyl (C=O) groups excluding carboxylic acids is 2. The van der Waals surface area contributed by atoms with Crippen LogP contribution in [0.4, 0.5) is 5.69 Å². The molecule has 0 bridgehead atoms. The molecule has 2 rings (SSSR count). The summed E-state index contributed by atoms with van der Waals surface area (Å²) in [6.07, 6.45) is 2.18. The molecule has 1 fully saturated rings. The molecule has 0 unspecified atom stereocenters. The van der Waals surface area contributed by atoms with Gasteiger partial charge < -0.3 is 15.3 Å². The number of amides is 2. The van der Waals surface area contributed by atoms with E-state index < -0.39 is 5.97 Å². The zero-order chi connectivity index (χ0) is 19.4. The van der Waals surface area contributed by atoms with Crippen LogP contribution in [-0.4, -0.2) is 41.4 Å². The summed E-state index contributed by atoms with van der Waals surface area (Å²) in [6.45, 7) is 5.90. The summed E-state index contributed by atoms with van der Waals surface area (Å²) in [6, 6.07) is 4.02. The second-order valence-electron chi connectivity index (χ2n) is 7.40. The molecule has 1 aromatic carbocycles. The number of benzene rings is 1. The minimum Gasteiger partial charge on any atom is -0.481 e. The fourth-order valence-electron chi connectivity index (χ4n) is 3.75. The molecule has 0 saturated heterocycles. The molecule has 26 heavy (non-hydrogen) atoms. The summed E-state index contributed by atoms with van der Waals surface area (Å²) in [5.74, 6) is -1.63. The lowest BCUT2D eigenvalue weighted by Gasteiger charge is -2.28. The van der Waals surface area contributed by atoms with Crippen LogP contribution in [0.5, 0.6) is 0 Å². The maximum Gasteiger partial charge on any atom is 0.306 e. The fraction of sp³-hybridized carbons (Fsp3) is 0.550. The molecular formula is C20H28N2O4. The standard InChI is InChI=1S/C20H28N2O4/c1-12-9-13(2)18(14(3)10-12)21-17(23)11-22(4)19(24)15-5-7-16(8-6-15)20(25)26/h9-10,15-16H,5-8,11H2,1-4H3,(H,21,23)(H,25,26). The molecular weight excluding hydrogens is 332 g/mol. The van der Waals surface area contributed by atoms with Crippen LogP contribution in [0.3, 0.4) is 0 Å². The van der Waals surface area contributed by atoms with E-state index in [1.807, 2.05) is 32.9 Å². The zero-order valence-corrected chi connectivity index (χ0v) is 16.0. The highest BCUT2D eigenvalue weighted by Gasteiger charge is 2.31. The molecule has 0 aliphatic heterocycles. The van der Waals surface area contributed by atoms with Gasteiger partial charge in [0.25, 0.3) is 0 Å². The summed E-state index contributed by atoms with van der Waals surface area (Å²) in [4.78, 5) is 37.4. The minimum absolute atomic E-state index is 0.00948. The van der Waals surface area contributed by atoms with Crippen molar-refractivity contribution in [2.75, 3.05) is 18.9 Å². The first-order chi connectivity index (χ1) is 12.2. The van der Waals surface area contributed by atoms with Crippen LogP contribution < -0.4 is 5.32 Å². The van der Waals surface area contributed by atoms with E-state index in [4.69, 9.17) is 5.11 Å². The van der Waals surface area contributed by atoms with Gasteiger partial charge in [0.05, 0.1) is 12.5 Å². The molecule has 1 aliphatic rings. The molecule has 1 aliphatic carbocycles. The number of nitrogens with zero attached hydrogens (tertiary/aromatic N) is 1. The Kier molecular flexibility index (Phi) is 6.40. The maximum absolute atomic E-state index is 12.5. The fourth-order valence-corrected chi connectivity index (χ4v) is 3.75. The predicted octanol–water partition coefficient (Wildman–Crippen LogP) is 2.90. The Morgan fingerprint density at radius 3 is 2.04 bits per heavy atom. The summed E-state index contributed by atoms with van der Waals surface area (Å²) < 4.78 is 0. The molecule has 2 N–H and O–H groups in total. The van der Waals surface area contributed by atoms with Gasteiger partial charge in [0.2, 0.25) is 11.8 Å². The lowest BCUT2D eigenvalue weighted by molar-refractivity contribution is -0.145. The van der Waals surface area contributed by atoms with E-state index in [0.717, 1.165) is 22.4 Å². The number of likely N-dealkylation sites (N-methyl/N-ethyl adjacent to an activating group) is 1. The number of carbonyl (C=O) groups is 3. The van der Waals surface area contributed by atoms with E-state index >= 15 is 0 Å². The number of aryl methyl sites for hydroxylation is 3. The van der Waals surface area contributed by atoms with E-state index in [9.17, 15) is 14.4 Å². The van der Waals surface area contributed by atoms with Crippen LogP contribution in [0.25, 0.3) is 0 Å². The van der Waals surface area contributed by atoms with Crippen molar-refractivity contribution in [2.24, 2.45) is 11.8 Å². The highest BCUT2D eigenvalue weighted by atomic mass is 16.4. The van der Waals surface area contributed by atoms with Crippen molar-refractivity contribution < 1.29 is 19.5 Å². The van der Waals surface area contributed by atoms with E-state index in [-0.39, 0.29) is 30.2 Å². The predicted molar refractivity (Wildman–Crippen MR) is 100 cm³/mol. The van der Waals surface area contributed by atoms with E-state index in [1.165, 1.54) is 4.90 Å².